The second-order valence-corrected chi connectivity index (χ2v) is 1.91. The zero-order valence-corrected chi connectivity index (χ0v) is 5.78. The number of aromatic nitrogens is 3. The molecule has 5 heteroatoms. The van der Waals surface area contributed by atoms with Gasteiger partial charge >= 0.3 is 5.69 Å². The smallest absolute Gasteiger partial charge is 0.267 e. The highest BCUT2D eigenvalue weighted by atomic mass is 16.2. The first-order valence-corrected chi connectivity index (χ1v) is 3.01. The molecule has 0 saturated heterocycles. The van der Waals surface area contributed by atoms with Gasteiger partial charge in [0.05, 0.1) is 0 Å². The number of allylic oxidation sites excluding steroid dienone is 1. The fraction of sp³-hybridized carbons (Fsp3) is 0.167. The molecule has 0 bridgehead atoms. The lowest BCUT2D eigenvalue weighted by atomic mass is 10.6. The number of rotatable bonds is 2. The van der Waals surface area contributed by atoms with Crippen LogP contribution in [0.15, 0.2) is 28.4 Å². The molecule has 1 aromatic heterocycles. The van der Waals surface area contributed by atoms with Crippen LogP contribution in [-0.2, 0) is 6.54 Å². The largest absolute Gasteiger partial charge is 0.345 e. The SMILES string of the molecule is C=CCn1c(=O)cn[nH]c1=O. The third kappa shape index (κ3) is 1.43. The summed E-state index contributed by atoms with van der Waals surface area (Å²) < 4.78 is 1.00. The molecular formula is C6H7N3O2. The first-order valence-electron chi connectivity index (χ1n) is 3.01. The lowest BCUT2D eigenvalue weighted by molar-refractivity contribution is 0.679. The minimum Gasteiger partial charge on any atom is -0.267 e. The van der Waals surface area contributed by atoms with Crippen molar-refractivity contribution < 1.29 is 0 Å². The molecule has 0 radical (unpaired) electrons. The summed E-state index contributed by atoms with van der Waals surface area (Å²) in [6.45, 7) is 3.61. The maximum atomic E-state index is 10.9. The molecule has 5 nitrogen and oxygen atoms in total. The Kier molecular flexibility index (Phi) is 2.00. The third-order valence-electron chi connectivity index (χ3n) is 1.16. The van der Waals surface area contributed by atoms with Gasteiger partial charge in [0, 0.05) is 6.54 Å². The van der Waals surface area contributed by atoms with Crippen LogP contribution in [0.4, 0.5) is 0 Å². The standard InChI is InChI=1S/C6H7N3O2/c1-2-3-9-5(10)4-7-8-6(9)11/h2,4H,1,3H2,(H,8,11). The van der Waals surface area contributed by atoms with Crippen molar-refractivity contribution >= 4 is 0 Å². The molecule has 1 aromatic rings. The molecule has 0 amide bonds. The Morgan fingerprint density at radius 2 is 2.45 bits per heavy atom. The molecule has 0 atom stereocenters. The van der Waals surface area contributed by atoms with Gasteiger partial charge in [-0.15, -0.1) is 6.58 Å². The Hall–Kier alpha value is -1.65. The van der Waals surface area contributed by atoms with Crippen LogP contribution < -0.4 is 11.2 Å². The molecule has 1 N–H and O–H groups in total. The summed E-state index contributed by atoms with van der Waals surface area (Å²) in [4.78, 5) is 21.7. The predicted molar refractivity (Wildman–Crippen MR) is 39.3 cm³/mol. The van der Waals surface area contributed by atoms with Crippen LogP contribution in [0.3, 0.4) is 0 Å². The fourth-order valence-corrected chi connectivity index (χ4v) is 0.675. The quantitative estimate of drug-likeness (QED) is 0.561. The maximum Gasteiger partial charge on any atom is 0.345 e. The van der Waals surface area contributed by atoms with Crippen molar-refractivity contribution in [2.45, 2.75) is 6.54 Å². The van der Waals surface area contributed by atoms with Gasteiger partial charge in [-0.1, -0.05) is 6.08 Å². The highest BCUT2D eigenvalue weighted by molar-refractivity contribution is 4.78. The molecule has 1 rings (SSSR count). The van der Waals surface area contributed by atoms with Gasteiger partial charge in [-0.2, -0.15) is 5.10 Å². The molecule has 0 aliphatic rings. The average Bonchev–Trinajstić information content (AvgIpc) is 1.97. The molecule has 0 aliphatic carbocycles. The average molecular weight is 153 g/mol. The summed E-state index contributed by atoms with van der Waals surface area (Å²) in [5, 5.41) is 5.46. The Morgan fingerprint density at radius 1 is 1.73 bits per heavy atom. The molecular weight excluding hydrogens is 146 g/mol. The van der Waals surface area contributed by atoms with E-state index in [1.54, 1.807) is 0 Å². The molecule has 11 heavy (non-hydrogen) atoms. The van der Waals surface area contributed by atoms with Crippen molar-refractivity contribution in [3.8, 4) is 0 Å². The minimum atomic E-state index is -0.516. The summed E-state index contributed by atoms with van der Waals surface area (Å²) in [6.07, 6.45) is 2.52. The Bertz CT molecular complexity index is 334. The van der Waals surface area contributed by atoms with Crippen LogP contribution in [0, 0.1) is 0 Å². The minimum absolute atomic E-state index is 0.205. The summed E-state index contributed by atoms with van der Waals surface area (Å²) >= 11 is 0. The van der Waals surface area contributed by atoms with E-state index in [1.807, 2.05) is 0 Å². The van der Waals surface area contributed by atoms with Gasteiger partial charge in [-0.3, -0.25) is 9.36 Å². The number of hydrogen-bond acceptors (Lipinski definition) is 3. The first kappa shape index (κ1) is 7.46. The summed E-state index contributed by atoms with van der Waals surface area (Å²) in [7, 11) is 0. The molecule has 0 aromatic carbocycles. The molecule has 0 aliphatic heterocycles. The second-order valence-electron chi connectivity index (χ2n) is 1.91. The molecule has 0 unspecified atom stereocenters. The topological polar surface area (TPSA) is 67.8 Å². The van der Waals surface area contributed by atoms with Gasteiger partial charge in [0.15, 0.2) is 0 Å². The van der Waals surface area contributed by atoms with E-state index in [0.717, 1.165) is 10.8 Å². The summed E-state index contributed by atoms with van der Waals surface area (Å²) in [6, 6.07) is 0. The van der Waals surface area contributed by atoms with E-state index in [4.69, 9.17) is 0 Å². The molecule has 1 heterocycles. The van der Waals surface area contributed by atoms with Crippen molar-refractivity contribution in [3.05, 3.63) is 39.7 Å². The summed E-state index contributed by atoms with van der Waals surface area (Å²) in [5.74, 6) is 0. The van der Waals surface area contributed by atoms with E-state index in [-0.39, 0.29) is 6.54 Å². The number of nitrogens with one attached hydrogen (secondary N) is 1. The predicted octanol–water partition coefficient (Wildman–Crippen LogP) is -0.882. The normalized spacial score (nSPS) is 9.45. The van der Waals surface area contributed by atoms with E-state index in [9.17, 15) is 9.59 Å². The summed E-state index contributed by atoms with van der Waals surface area (Å²) in [5.41, 5.74) is -0.939. The van der Waals surface area contributed by atoms with Crippen molar-refractivity contribution in [3.63, 3.8) is 0 Å². The van der Waals surface area contributed by atoms with Crippen molar-refractivity contribution in [2.24, 2.45) is 0 Å². The van der Waals surface area contributed by atoms with Crippen LogP contribution in [-0.4, -0.2) is 14.8 Å². The van der Waals surface area contributed by atoms with Crippen LogP contribution in [0.25, 0.3) is 0 Å². The van der Waals surface area contributed by atoms with E-state index >= 15 is 0 Å². The van der Waals surface area contributed by atoms with Gasteiger partial charge < -0.3 is 0 Å². The van der Waals surface area contributed by atoms with Gasteiger partial charge in [0.2, 0.25) is 0 Å². The van der Waals surface area contributed by atoms with E-state index < -0.39 is 11.2 Å². The molecule has 58 valence electrons. The van der Waals surface area contributed by atoms with Crippen LogP contribution in [0.5, 0.6) is 0 Å². The molecule has 0 fully saturated rings. The highest BCUT2D eigenvalue weighted by Crippen LogP contribution is 1.68. The van der Waals surface area contributed by atoms with Crippen LogP contribution >= 0.6 is 0 Å². The third-order valence-corrected chi connectivity index (χ3v) is 1.16. The van der Waals surface area contributed by atoms with Gasteiger partial charge in [0.25, 0.3) is 5.56 Å². The number of nitrogens with zero attached hydrogens (tertiary/aromatic N) is 2. The molecule has 0 saturated carbocycles. The van der Waals surface area contributed by atoms with Crippen molar-refractivity contribution in [1.29, 1.82) is 0 Å². The van der Waals surface area contributed by atoms with Crippen molar-refractivity contribution in [1.82, 2.24) is 14.8 Å². The zero-order chi connectivity index (χ0) is 8.27. The Balaban J connectivity index is 3.32. The first-order chi connectivity index (χ1) is 5.25. The van der Waals surface area contributed by atoms with E-state index in [0.29, 0.717) is 0 Å². The lowest BCUT2D eigenvalue weighted by Gasteiger charge is -1.95. The Morgan fingerprint density at radius 3 is 3.00 bits per heavy atom. The zero-order valence-electron chi connectivity index (χ0n) is 5.78. The monoisotopic (exact) mass is 153 g/mol. The Labute approximate surface area is 62.0 Å². The van der Waals surface area contributed by atoms with Crippen molar-refractivity contribution in [2.75, 3.05) is 0 Å². The van der Waals surface area contributed by atoms with Gasteiger partial charge in [-0.05, 0) is 0 Å². The van der Waals surface area contributed by atoms with Gasteiger partial charge in [-0.25, -0.2) is 9.89 Å². The fourth-order valence-electron chi connectivity index (χ4n) is 0.675. The molecule has 0 spiro atoms. The highest BCUT2D eigenvalue weighted by Gasteiger charge is 1.95. The van der Waals surface area contributed by atoms with Crippen LogP contribution in [0.2, 0.25) is 0 Å². The number of hydrogen-bond donors (Lipinski definition) is 1. The number of H-pyrrole nitrogens is 1. The number of aromatic amines is 1. The van der Waals surface area contributed by atoms with E-state index in [1.165, 1.54) is 6.08 Å². The maximum absolute atomic E-state index is 10.9. The van der Waals surface area contributed by atoms with Gasteiger partial charge in [0.1, 0.15) is 6.20 Å². The second kappa shape index (κ2) is 2.96. The van der Waals surface area contributed by atoms with E-state index in [2.05, 4.69) is 16.8 Å². The van der Waals surface area contributed by atoms with Crippen LogP contribution in [0.1, 0.15) is 0 Å². The lowest BCUT2D eigenvalue weighted by Crippen LogP contribution is -2.34.